The molecule has 18 heavy (non-hydrogen) atoms. The average Bonchev–Trinajstić information content (AvgIpc) is 2.30. The Bertz CT molecular complexity index is 540. The van der Waals surface area contributed by atoms with Crippen molar-refractivity contribution in [3.8, 4) is 0 Å². The Morgan fingerprint density at radius 3 is 2.50 bits per heavy atom. The van der Waals surface area contributed by atoms with Gasteiger partial charge in [0.2, 0.25) is 0 Å². The number of amides is 1. The van der Waals surface area contributed by atoms with Crippen LogP contribution in [0.3, 0.4) is 0 Å². The summed E-state index contributed by atoms with van der Waals surface area (Å²) in [6, 6.07) is 4.70. The zero-order valence-electron chi connectivity index (χ0n) is 10.5. The fourth-order valence-electron chi connectivity index (χ4n) is 1.22. The maximum atomic E-state index is 11.8. The molecule has 0 saturated heterocycles. The van der Waals surface area contributed by atoms with Gasteiger partial charge in [0.05, 0.1) is 11.5 Å². The average molecular weight is 272 g/mol. The summed E-state index contributed by atoms with van der Waals surface area (Å²) >= 11 is 0. The Morgan fingerprint density at radius 1 is 1.28 bits per heavy atom. The van der Waals surface area contributed by atoms with Crippen molar-refractivity contribution in [3.05, 3.63) is 29.3 Å². The number of carbonyl (C=O) groups is 1. The molecule has 0 aliphatic carbocycles. The first kappa shape index (κ1) is 14.5. The van der Waals surface area contributed by atoms with Gasteiger partial charge in [0.15, 0.2) is 0 Å². The summed E-state index contributed by atoms with van der Waals surface area (Å²) in [6.07, 6.45) is -0.843. The van der Waals surface area contributed by atoms with Crippen molar-refractivity contribution >= 4 is 16.1 Å². The van der Waals surface area contributed by atoms with E-state index in [1.807, 2.05) is 24.1 Å². The number of sulfonamides is 1. The van der Waals surface area contributed by atoms with Gasteiger partial charge in [-0.1, -0.05) is 6.07 Å². The number of aryl methyl sites for hydroxylation is 2. The van der Waals surface area contributed by atoms with Crippen LogP contribution < -0.4 is 10.3 Å². The summed E-state index contributed by atoms with van der Waals surface area (Å²) in [6.45, 7) is 5.48. The predicted octanol–water partition coefficient (Wildman–Crippen LogP) is 1.24. The van der Waals surface area contributed by atoms with Crippen LogP contribution >= 0.6 is 0 Å². The zero-order chi connectivity index (χ0) is 13.8. The van der Waals surface area contributed by atoms with Gasteiger partial charge in [-0.05, 0) is 44.0 Å². The van der Waals surface area contributed by atoms with Crippen LogP contribution in [0.1, 0.15) is 18.1 Å². The molecule has 0 radical (unpaired) electrons. The van der Waals surface area contributed by atoms with Crippen LogP contribution in [0.4, 0.5) is 4.79 Å². The lowest BCUT2D eigenvalue weighted by Gasteiger charge is -2.09. The molecule has 0 atom stereocenters. The van der Waals surface area contributed by atoms with Crippen molar-refractivity contribution in [2.75, 3.05) is 6.61 Å². The molecule has 6 nitrogen and oxygen atoms in total. The molecule has 7 heteroatoms. The Hall–Kier alpha value is -1.60. The van der Waals surface area contributed by atoms with Gasteiger partial charge in [-0.2, -0.15) is 0 Å². The summed E-state index contributed by atoms with van der Waals surface area (Å²) < 4.78 is 28.2. The molecule has 0 aliphatic rings. The van der Waals surface area contributed by atoms with Crippen LogP contribution in [-0.4, -0.2) is 21.1 Å². The second-order valence-corrected chi connectivity index (χ2v) is 5.38. The highest BCUT2D eigenvalue weighted by molar-refractivity contribution is 7.89. The molecule has 0 fully saturated rings. The first-order chi connectivity index (χ1) is 8.36. The number of ether oxygens (including phenoxy) is 1. The van der Waals surface area contributed by atoms with E-state index < -0.39 is 16.1 Å². The molecule has 2 N–H and O–H groups in total. The van der Waals surface area contributed by atoms with Gasteiger partial charge >= 0.3 is 6.09 Å². The van der Waals surface area contributed by atoms with Crippen molar-refractivity contribution in [2.24, 2.45) is 0 Å². The maximum Gasteiger partial charge on any atom is 0.422 e. The minimum Gasteiger partial charge on any atom is -0.449 e. The van der Waals surface area contributed by atoms with Crippen LogP contribution in [-0.2, 0) is 14.8 Å². The number of hydrogen-bond donors (Lipinski definition) is 2. The number of hydrogen-bond acceptors (Lipinski definition) is 4. The molecule has 1 rings (SSSR count). The normalized spacial score (nSPS) is 11.1. The number of nitrogens with one attached hydrogen (secondary N) is 2. The number of carbonyl (C=O) groups excluding carboxylic acids is 1. The summed E-state index contributed by atoms with van der Waals surface area (Å²) in [5.41, 5.74) is 3.81. The first-order valence-corrected chi connectivity index (χ1v) is 6.87. The summed E-state index contributed by atoms with van der Waals surface area (Å²) in [7, 11) is -3.77. The highest BCUT2D eigenvalue weighted by Crippen LogP contribution is 2.13. The standard InChI is InChI=1S/C11H16N2O4S/c1-4-17-11(14)12-13-18(15,16)10-6-5-8(2)9(3)7-10/h5-7,13H,4H2,1-3H3,(H,12,14). The van der Waals surface area contributed by atoms with E-state index in [1.165, 1.54) is 12.1 Å². The van der Waals surface area contributed by atoms with Gasteiger partial charge in [-0.3, -0.25) is 0 Å². The van der Waals surface area contributed by atoms with Gasteiger partial charge in [0, 0.05) is 0 Å². The Morgan fingerprint density at radius 2 is 1.94 bits per heavy atom. The molecule has 0 bridgehead atoms. The molecule has 1 aromatic rings. The lowest BCUT2D eigenvalue weighted by atomic mass is 10.1. The number of benzene rings is 1. The Labute approximate surface area is 106 Å². The quantitative estimate of drug-likeness (QED) is 0.808. The van der Waals surface area contributed by atoms with Crippen molar-refractivity contribution in [1.29, 1.82) is 0 Å². The number of rotatable bonds is 4. The van der Waals surface area contributed by atoms with E-state index in [1.54, 1.807) is 13.0 Å². The van der Waals surface area contributed by atoms with Gasteiger partial charge in [0.1, 0.15) is 0 Å². The van der Waals surface area contributed by atoms with E-state index in [0.717, 1.165) is 11.1 Å². The minimum atomic E-state index is -3.77. The second kappa shape index (κ2) is 5.83. The Balaban J connectivity index is 2.80. The van der Waals surface area contributed by atoms with E-state index in [2.05, 4.69) is 4.74 Å². The van der Waals surface area contributed by atoms with Crippen molar-refractivity contribution < 1.29 is 17.9 Å². The lowest BCUT2D eigenvalue weighted by molar-refractivity contribution is 0.150. The highest BCUT2D eigenvalue weighted by atomic mass is 32.2. The van der Waals surface area contributed by atoms with E-state index in [0.29, 0.717) is 0 Å². The molecule has 100 valence electrons. The predicted molar refractivity (Wildman–Crippen MR) is 66.4 cm³/mol. The first-order valence-electron chi connectivity index (χ1n) is 5.38. The van der Waals surface area contributed by atoms with E-state index in [-0.39, 0.29) is 11.5 Å². The molecule has 0 unspecified atom stereocenters. The third-order valence-corrected chi connectivity index (χ3v) is 3.60. The van der Waals surface area contributed by atoms with Crippen LogP contribution in [0.5, 0.6) is 0 Å². The topological polar surface area (TPSA) is 84.5 Å². The molecular weight excluding hydrogens is 256 g/mol. The SMILES string of the molecule is CCOC(=O)NNS(=O)(=O)c1ccc(C)c(C)c1. The molecule has 0 heterocycles. The maximum absolute atomic E-state index is 11.8. The van der Waals surface area contributed by atoms with Gasteiger partial charge in [-0.25, -0.2) is 18.6 Å². The fraction of sp³-hybridized carbons (Fsp3) is 0.364. The van der Waals surface area contributed by atoms with Crippen molar-refractivity contribution in [1.82, 2.24) is 10.3 Å². The van der Waals surface area contributed by atoms with Crippen LogP contribution in [0.25, 0.3) is 0 Å². The highest BCUT2D eigenvalue weighted by Gasteiger charge is 2.15. The second-order valence-electron chi connectivity index (χ2n) is 3.70. The van der Waals surface area contributed by atoms with E-state index in [4.69, 9.17) is 0 Å². The number of hydrazine groups is 1. The third-order valence-electron chi connectivity index (χ3n) is 2.35. The fourth-order valence-corrected chi connectivity index (χ4v) is 2.13. The van der Waals surface area contributed by atoms with Crippen LogP contribution in [0.15, 0.2) is 23.1 Å². The van der Waals surface area contributed by atoms with Crippen molar-refractivity contribution in [3.63, 3.8) is 0 Å². The summed E-state index contributed by atoms with van der Waals surface area (Å²) in [5, 5.41) is 0. The van der Waals surface area contributed by atoms with Crippen LogP contribution in [0, 0.1) is 13.8 Å². The van der Waals surface area contributed by atoms with Gasteiger partial charge < -0.3 is 4.74 Å². The molecule has 1 aromatic carbocycles. The molecule has 1 amide bonds. The molecule has 0 saturated carbocycles. The molecule has 0 spiro atoms. The van der Waals surface area contributed by atoms with E-state index >= 15 is 0 Å². The van der Waals surface area contributed by atoms with Crippen molar-refractivity contribution in [2.45, 2.75) is 25.7 Å². The van der Waals surface area contributed by atoms with Crippen LogP contribution in [0.2, 0.25) is 0 Å². The van der Waals surface area contributed by atoms with Gasteiger partial charge in [-0.15, -0.1) is 4.83 Å². The summed E-state index contributed by atoms with van der Waals surface area (Å²) in [4.78, 5) is 13.0. The summed E-state index contributed by atoms with van der Waals surface area (Å²) in [5.74, 6) is 0. The molecule has 0 aliphatic heterocycles. The molecular formula is C11H16N2O4S. The molecule has 0 aromatic heterocycles. The Kier molecular flexibility index (Phi) is 4.69. The van der Waals surface area contributed by atoms with Gasteiger partial charge in [0.25, 0.3) is 10.0 Å². The smallest absolute Gasteiger partial charge is 0.422 e. The zero-order valence-corrected chi connectivity index (χ0v) is 11.3. The third kappa shape index (κ3) is 3.71. The van der Waals surface area contributed by atoms with E-state index in [9.17, 15) is 13.2 Å². The lowest BCUT2D eigenvalue weighted by Crippen LogP contribution is -2.41. The largest absolute Gasteiger partial charge is 0.449 e. The minimum absolute atomic E-state index is 0.0856. The monoisotopic (exact) mass is 272 g/mol.